The van der Waals surface area contributed by atoms with Crippen LogP contribution in [-0.4, -0.2) is 92.6 Å². The fraction of sp³-hybridized carbons (Fsp3) is 0.700. The maximum atomic E-state index is 12.3. The molecule has 0 fully saturated rings. The smallest absolute Gasteiger partial charge is 0.328 e. The van der Waals surface area contributed by atoms with Crippen LogP contribution in [0, 0.1) is 0 Å². The van der Waals surface area contributed by atoms with Gasteiger partial charge in [0.1, 0.15) is 18.1 Å². The molecule has 32 heavy (non-hydrogen) atoms. The number of nitrogens with zero attached hydrogens (tertiary/aromatic N) is 1. The maximum Gasteiger partial charge on any atom is 0.328 e. The van der Waals surface area contributed by atoms with Crippen molar-refractivity contribution in [3.05, 3.63) is 0 Å². The highest BCUT2D eigenvalue weighted by molar-refractivity contribution is 5.89. The minimum absolute atomic E-state index is 0.0547. The summed E-state index contributed by atoms with van der Waals surface area (Å²) >= 11 is 0. The van der Waals surface area contributed by atoms with Crippen LogP contribution in [0.1, 0.15) is 39.5 Å². The molecular weight excluding hydrogens is 422 g/mol. The van der Waals surface area contributed by atoms with Crippen molar-refractivity contribution in [3.63, 3.8) is 0 Å². The number of hydrogen-bond acceptors (Lipinski definition) is 9. The first-order valence-corrected chi connectivity index (χ1v) is 10.4. The van der Waals surface area contributed by atoms with Crippen molar-refractivity contribution in [1.82, 2.24) is 20.9 Å². The number of amides is 3. The minimum Gasteiger partial charge on any atom is -0.461 e. The number of likely N-dealkylation sites (N-methyl/N-ethyl adjacent to an activating group) is 1. The second-order valence-corrected chi connectivity index (χ2v) is 7.75. The summed E-state index contributed by atoms with van der Waals surface area (Å²) in [7, 11) is 3.40. The Morgan fingerprint density at radius 3 is 2.16 bits per heavy atom. The van der Waals surface area contributed by atoms with Crippen molar-refractivity contribution in [2.45, 2.75) is 57.7 Å². The van der Waals surface area contributed by atoms with E-state index in [-0.39, 0.29) is 57.0 Å². The van der Waals surface area contributed by atoms with E-state index >= 15 is 0 Å². The summed E-state index contributed by atoms with van der Waals surface area (Å²) in [6.45, 7) is 2.90. The summed E-state index contributed by atoms with van der Waals surface area (Å²) in [6.07, 6.45) is -0.00520. The molecule has 0 aromatic carbocycles. The molecule has 0 radical (unpaired) electrons. The van der Waals surface area contributed by atoms with E-state index in [2.05, 4.69) is 16.0 Å². The van der Waals surface area contributed by atoms with E-state index in [1.807, 2.05) is 0 Å². The molecule has 0 aromatic heterocycles. The molecule has 12 nitrogen and oxygen atoms in total. The van der Waals surface area contributed by atoms with Crippen LogP contribution in [0.5, 0.6) is 0 Å². The fourth-order valence-corrected chi connectivity index (χ4v) is 2.48. The Morgan fingerprint density at radius 2 is 1.62 bits per heavy atom. The van der Waals surface area contributed by atoms with Crippen molar-refractivity contribution in [1.29, 1.82) is 0 Å². The topological polar surface area (TPSA) is 177 Å². The predicted molar refractivity (Wildman–Crippen MR) is 115 cm³/mol. The third-order valence-electron chi connectivity index (χ3n) is 4.01. The summed E-state index contributed by atoms with van der Waals surface area (Å²) in [5.74, 6) is -2.46. The second kappa shape index (κ2) is 15.9. The molecule has 0 saturated heterocycles. The standard InChI is InChI=1S/C20H35N5O7/c1-13(2)32-20(31)16(24-18(29)10-22-19(30)11-25(3)4)7-8-17(28)23-14(12-26)5-6-15(27)9-21/h12-14,16H,5-11,21H2,1-4H3,(H,22,30)(H,23,28)(H,24,29). The SMILES string of the molecule is CC(C)OC(=O)C(CCC(=O)NC(C=O)CCC(=O)CN)NC(=O)CNC(=O)CN(C)C. The van der Waals surface area contributed by atoms with Crippen LogP contribution in [0.3, 0.4) is 0 Å². The van der Waals surface area contributed by atoms with Gasteiger partial charge in [0.25, 0.3) is 0 Å². The molecule has 0 aromatic rings. The van der Waals surface area contributed by atoms with Gasteiger partial charge < -0.3 is 36.1 Å². The highest BCUT2D eigenvalue weighted by Gasteiger charge is 2.25. The predicted octanol–water partition coefficient (Wildman–Crippen LogP) is -2.13. The lowest BCUT2D eigenvalue weighted by Crippen LogP contribution is -2.48. The number of esters is 1. The summed E-state index contributed by atoms with van der Waals surface area (Å²) in [6, 6.07) is -1.98. The first-order valence-electron chi connectivity index (χ1n) is 10.4. The van der Waals surface area contributed by atoms with Gasteiger partial charge in [-0.25, -0.2) is 4.79 Å². The molecule has 0 bridgehead atoms. The molecule has 3 amide bonds. The molecule has 182 valence electrons. The normalized spacial score (nSPS) is 12.6. The monoisotopic (exact) mass is 457 g/mol. The second-order valence-electron chi connectivity index (χ2n) is 7.75. The Balaban J connectivity index is 4.80. The van der Waals surface area contributed by atoms with Crippen molar-refractivity contribution >= 4 is 35.8 Å². The Labute approximate surface area is 188 Å². The third kappa shape index (κ3) is 14.2. The average Bonchev–Trinajstić information content (AvgIpc) is 2.71. The summed E-state index contributed by atoms with van der Waals surface area (Å²) in [4.78, 5) is 72.3. The largest absolute Gasteiger partial charge is 0.461 e. The Hall–Kier alpha value is -2.86. The summed E-state index contributed by atoms with van der Waals surface area (Å²) < 4.78 is 5.12. The molecule has 12 heteroatoms. The average molecular weight is 458 g/mol. The quantitative estimate of drug-likeness (QED) is 0.149. The first-order chi connectivity index (χ1) is 15.0. The van der Waals surface area contributed by atoms with E-state index in [9.17, 15) is 28.8 Å². The van der Waals surface area contributed by atoms with Crippen LogP contribution in [0.2, 0.25) is 0 Å². The van der Waals surface area contributed by atoms with Crippen molar-refractivity contribution in [2.75, 3.05) is 33.7 Å². The van der Waals surface area contributed by atoms with E-state index < -0.39 is 36.0 Å². The zero-order chi connectivity index (χ0) is 24.7. The van der Waals surface area contributed by atoms with Gasteiger partial charge in [0.2, 0.25) is 17.7 Å². The van der Waals surface area contributed by atoms with Gasteiger partial charge >= 0.3 is 5.97 Å². The molecule has 5 N–H and O–H groups in total. The number of ether oxygens (including phenoxy) is 1. The summed E-state index contributed by atoms with van der Waals surface area (Å²) in [5, 5.41) is 7.34. The highest BCUT2D eigenvalue weighted by atomic mass is 16.5. The molecule has 2 atom stereocenters. The lowest BCUT2D eigenvalue weighted by atomic mass is 10.1. The molecule has 0 saturated carbocycles. The lowest BCUT2D eigenvalue weighted by Gasteiger charge is -2.20. The molecule has 2 unspecified atom stereocenters. The number of nitrogens with one attached hydrogen (secondary N) is 3. The van der Waals surface area contributed by atoms with Gasteiger partial charge in [0.05, 0.1) is 31.8 Å². The molecular formula is C20H35N5O7. The number of ketones is 1. The number of hydrogen-bond donors (Lipinski definition) is 4. The van der Waals surface area contributed by atoms with Crippen LogP contribution in [0.25, 0.3) is 0 Å². The molecule has 0 spiro atoms. The van der Waals surface area contributed by atoms with E-state index in [0.29, 0.717) is 6.29 Å². The molecule has 0 aliphatic heterocycles. The Kier molecular flexibility index (Phi) is 14.5. The van der Waals surface area contributed by atoms with Crippen molar-refractivity contribution in [2.24, 2.45) is 5.73 Å². The number of aldehydes is 1. The molecule has 0 heterocycles. The van der Waals surface area contributed by atoms with Gasteiger partial charge in [-0.2, -0.15) is 0 Å². The van der Waals surface area contributed by atoms with Gasteiger partial charge in [-0.05, 0) is 40.8 Å². The van der Waals surface area contributed by atoms with Crippen molar-refractivity contribution < 1.29 is 33.5 Å². The van der Waals surface area contributed by atoms with Crippen LogP contribution < -0.4 is 21.7 Å². The zero-order valence-corrected chi connectivity index (χ0v) is 19.1. The molecule has 0 rings (SSSR count). The van der Waals surface area contributed by atoms with Crippen LogP contribution >= 0.6 is 0 Å². The zero-order valence-electron chi connectivity index (χ0n) is 19.1. The van der Waals surface area contributed by atoms with E-state index in [4.69, 9.17) is 10.5 Å². The molecule has 0 aliphatic rings. The summed E-state index contributed by atoms with van der Waals surface area (Å²) in [5.41, 5.74) is 5.21. The number of carbonyl (C=O) groups excluding carboxylic acids is 6. The minimum atomic E-state index is -1.12. The Morgan fingerprint density at radius 1 is 0.969 bits per heavy atom. The highest BCUT2D eigenvalue weighted by Crippen LogP contribution is 2.04. The van der Waals surface area contributed by atoms with Crippen LogP contribution in [0.15, 0.2) is 0 Å². The molecule has 0 aliphatic carbocycles. The number of Topliss-reactive ketones (excluding diaryl/α,β-unsaturated/α-hetero) is 1. The first kappa shape index (κ1) is 29.1. The third-order valence-corrected chi connectivity index (χ3v) is 4.01. The number of nitrogens with two attached hydrogens (primary N) is 1. The van der Waals surface area contributed by atoms with E-state index in [0.717, 1.165) is 0 Å². The maximum absolute atomic E-state index is 12.3. The van der Waals surface area contributed by atoms with E-state index in [1.165, 1.54) is 0 Å². The van der Waals surface area contributed by atoms with Gasteiger partial charge in [-0.3, -0.25) is 19.2 Å². The number of carbonyl (C=O) groups is 6. The van der Waals surface area contributed by atoms with Crippen LogP contribution in [0.4, 0.5) is 0 Å². The fourth-order valence-electron chi connectivity index (χ4n) is 2.48. The van der Waals surface area contributed by atoms with E-state index in [1.54, 1.807) is 32.8 Å². The van der Waals surface area contributed by atoms with Crippen LogP contribution in [-0.2, 0) is 33.5 Å². The lowest BCUT2D eigenvalue weighted by molar-refractivity contribution is -0.151. The Bertz CT molecular complexity index is 667. The van der Waals surface area contributed by atoms with Gasteiger partial charge in [0.15, 0.2) is 0 Å². The van der Waals surface area contributed by atoms with Gasteiger partial charge in [-0.1, -0.05) is 0 Å². The number of rotatable bonds is 16. The van der Waals surface area contributed by atoms with Gasteiger partial charge in [0, 0.05) is 12.8 Å². The van der Waals surface area contributed by atoms with Gasteiger partial charge in [-0.15, -0.1) is 0 Å². The van der Waals surface area contributed by atoms with Crippen molar-refractivity contribution in [3.8, 4) is 0 Å².